The second kappa shape index (κ2) is 5.44. The number of benzene rings is 1. The maximum Gasteiger partial charge on any atom is 0.0843 e. The van der Waals surface area contributed by atoms with E-state index < -0.39 is 0 Å². The largest absolute Gasteiger partial charge is 0.388 e. The number of rotatable bonds is 4. The molecule has 0 amide bonds. The van der Waals surface area contributed by atoms with Gasteiger partial charge in [-0.2, -0.15) is 0 Å². The number of hydrogen-bond acceptors (Lipinski definition) is 1. The molecule has 1 fully saturated rings. The molecule has 0 spiro atoms. The topological polar surface area (TPSA) is 20.2 Å². The fraction of sp³-hybridized carbons (Fsp3) is 0.647. The van der Waals surface area contributed by atoms with E-state index >= 15 is 0 Å². The summed E-state index contributed by atoms with van der Waals surface area (Å²) in [6, 6.07) is 6.56. The fourth-order valence-electron chi connectivity index (χ4n) is 3.35. The van der Waals surface area contributed by atoms with E-state index in [0.29, 0.717) is 0 Å². The molecule has 1 nitrogen and oxygen atoms in total. The molecule has 0 radical (unpaired) electrons. The molecular weight excluding hydrogens is 220 g/mol. The lowest BCUT2D eigenvalue weighted by molar-refractivity contribution is 0.0407. The summed E-state index contributed by atoms with van der Waals surface area (Å²) >= 11 is 0. The van der Waals surface area contributed by atoms with E-state index in [1.165, 1.54) is 24.0 Å². The molecule has 0 saturated heterocycles. The zero-order chi connectivity index (χ0) is 13.2. The lowest BCUT2D eigenvalue weighted by Gasteiger charge is -2.30. The standard InChI is InChI=1S/C17H26O/c1-4-13-8-9-15(12-14(13)5-2)16(18)17(3)10-6-7-11-17/h8-9,12,16,18H,4-7,10-11H2,1-3H3. The number of aliphatic hydroxyl groups excluding tert-OH is 1. The van der Waals surface area contributed by atoms with Crippen LogP contribution in [0.1, 0.15) is 69.2 Å². The summed E-state index contributed by atoms with van der Waals surface area (Å²) in [5.41, 5.74) is 4.03. The second-order valence-corrected chi connectivity index (χ2v) is 6.00. The van der Waals surface area contributed by atoms with Gasteiger partial charge in [0, 0.05) is 0 Å². The van der Waals surface area contributed by atoms with Gasteiger partial charge in [-0.05, 0) is 47.8 Å². The Morgan fingerprint density at radius 3 is 2.28 bits per heavy atom. The van der Waals surface area contributed by atoms with E-state index in [1.807, 2.05) is 0 Å². The van der Waals surface area contributed by atoms with E-state index in [2.05, 4.69) is 39.0 Å². The monoisotopic (exact) mass is 246 g/mol. The predicted octanol–water partition coefficient (Wildman–Crippen LogP) is 4.43. The Hall–Kier alpha value is -0.820. The first kappa shape index (κ1) is 13.6. The van der Waals surface area contributed by atoms with Crippen molar-refractivity contribution in [3.8, 4) is 0 Å². The van der Waals surface area contributed by atoms with Gasteiger partial charge >= 0.3 is 0 Å². The van der Waals surface area contributed by atoms with Crippen LogP contribution >= 0.6 is 0 Å². The summed E-state index contributed by atoms with van der Waals surface area (Å²) in [6.45, 7) is 6.63. The average Bonchev–Trinajstić information content (AvgIpc) is 2.85. The molecular formula is C17H26O. The normalized spacial score (nSPS) is 20.0. The van der Waals surface area contributed by atoms with E-state index in [-0.39, 0.29) is 11.5 Å². The van der Waals surface area contributed by atoms with Gasteiger partial charge < -0.3 is 5.11 Å². The third-order valence-electron chi connectivity index (χ3n) is 4.71. The van der Waals surface area contributed by atoms with Crippen LogP contribution in [0.25, 0.3) is 0 Å². The van der Waals surface area contributed by atoms with Gasteiger partial charge in [0.05, 0.1) is 6.10 Å². The zero-order valence-electron chi connectivity index (χ0n) is 12.0. The van der Waals surface area contributed by atoms with Crippen LogP contribution in [0.4, 0.5) is 0 Å². The maximum atomic E-state index is 10.7. The van der Waals surface area contributed by atoms with Crippen molar-refractivity contribution >= 4 is 0 Å². The van der Waals surface area contributed by atoms with E-state index in [1.54, 1.807) is 0 Å². The van der Waals surface area contributed by atoms with Crippen molar-refractivity contribution in [2.24, 2.45) is 5.41 Å². The minimum absolute atomic E-state index is 0.0960. The predicted molar refractivity (Wildman–Crippen MR) is 76.7 cm³/mol. The molecule has 0 bridgehead atoms. The maximum absolute atomic E-state index is 10.7. The highest BCUT2D eigenvalue weighted by Gasteiger charge is 2.36. The Morgan fingerprint density at radius 2 is 1.72 bits per heavy atom. The lowest BCUT2D eigenvalue weighted by atomic mass is 9.78. The second-order valence-electron chi connectivity index (χ2n) is 6.00. The zero-order valence-corrected chi connectivity index (χ0v) is 12.0. The number of hydrogen-bond donors (Lipinski definition) is 1. The van der Waals surface area contributed by atoms with Crippen molar-refractivity contribution < 1.29 is 5.11 Å². The van der Waals surface area contributed by atoms with Crippen LogP contribution in [0, 0.1) is 5.41 Å². The first-order valence-electron chi connectivity index (χ1n) is 7.40. The summed E-state index contributed by atoms with van der Waals surface area (Å²) in [4.78, 5) is 0. The summed E-state index contributed by atoms with van der Waals surface area (Å²) in [5.74, 6) is 0. The van der Waals surface area contributed by atoms with Gasteiger partial charge in [-0.25, -0.2) is 0 Å². The smallest absolute Gasteiger partial charge is 0.0843 e. The molecule has 1 heteroatoms. The van der Waals surface area contributed by atoms with E-state index in [4.69, 9.17) is 0 Å². The Morgan fingerprint density at radius 1 is 1.11 bits per heavy atom. The van der Waals surface area contributed by atoms with Gasteiger partial charge in [0.15, 0.2) is 0 Å². The van der Waals surface area contributed by atoms with Crippen LogP contribution in [-0.2, 0) is 12.8 Å². The highest BCUT2D eigenvalue weighted by molar-refractivity contribution is 5.34. The molecule has 2 rings (SSSR count). The Kier molecular flexibility index (Phi) is 4.11. The van der Waals surface area contributed by atoms with Crippen molar-refractivity contribution in [2.45, 2.75) is 65.4 Å². The van der Waals surface area contributed by atoms with Crippen LogP contribution in [0.3, 0.4) is 0 Å². The summed E-state index contributed by atoms with van der Waals surface area (Å²) in [7, 11) is 0. The highest BCUT2D eigenvalue weighted by Crippen LogP contribution is 2.47. The van der Waals surface area contributed by atoms with Crippen LogP contribution in [0.2, 0.25) is 0 Å². The minimum atomic E-state index is -0.295. The fourth-order valence-corrected chi connectivity index (χ4v) is 3.35. The summed E-state index contributed by atoms with van der Waals surface area (Å²) < 4.78 is 0. The van der Waals surface area contributed by atoms with Gasteiger partial charge in [-0.15, -0.1) is 0 Å². The van der Waals surface area contributed by atoms with Crippen molar-refractivity contribution in [2.75, 3.05) is 0 Å². The van der Waals surface area contributed by atoms with E-state index in [0.717, 1.165) is 31.2 Å². The highest BCUT2D eigenvalue weighted by atomic mass is 16.3. The molecule has 1 aliphatic carbocycles. The quantitative estimate of drug-likeness (QED) is 0.833. The molecule has 1 unspecified atom stereocenters. The average molecular weight is 246 g/mol. The van der Waals surface area contributed by atoms with Crippen LogP contribution < -0.4 is 0 Å². The summed E-state index contributed by atoms with van der Waals surface area (Å²) in [6.07, 6.45) is 6.69. The van der Waals surface area contributed by atoms with E-state index in [9.17, 15) is 5.11 Å². The third kappa shape index (κ3) is 2.47. The Labute approximate surface area is 111 Å². The molecule has 1 saturated carbocycles. The van der Waals surface area contributed by atoms with Gasteiger partial charge in [-0.1, -0.05) is 51.8 Å². The van der Waals surface area contributed by atoms with Gasteiger partial charge in [0.25, 0.3) is 0 Å². The molecule has 0 aromatic heterocycles. The molecule has 0 aliphatic heterocycles. The number of aliphatic hydroxyl groups is 1. The SMILES string of the molecule is CCc1ccc(C(O)C2(C)CCCC2)cc1CC. The summed E-state index contributed by atoms with van der Waals surface area (Å²) in [5, 5.41) is 10.7. The molecule has 1 atom stereocenters. The molecule has 1 aromatic carbocycles. The first-order valence-corrected chi connectivity index (χ1v) is 7.40. The van der Waals surface area contributed by atoms with Crippen molar-refractivity contribution in [3.05, 3.63) is 34.9 Å². The third-order valence-corrected chi connectivity index (χ3v) is 4.71. The van der Waals surface area contributed by atoms with Crippen LogP contribution in [-0.4, -0.2) is 5.11 Å². The minimum Gasteiger partial charge on any atom is -0.388 e. The van der Waals surface area contributed by atoms with Crippen molar-refractivity contribution in [1.82, 2.24) is 0 Å². The molecule has 100 valence electrons. The molecule has 1 aromatic rings. The first-order chi connectivity index (χ1) is 8.60. The lowest BCUT2D eigenvalue weighted by Crippen LogP contribution is -2.22. The van der Waals surface area contributed by atoms with Gasteiger partial charge in [0.2, 0.25) is 0 Å². The Bertz CT molecular complexity index is 402. The van der Waals surface area contributed by atoms with Crippen molar-refractivity contribution in [3.63, 3.8) is 0 Å². The molecule has 0 heterocycles. The van der Waals surface area contributed by atoms with Gasteiger partial charge in [0.1, 0.15) is 0 Å². The Balaban J connectivity index is 2.27. The molecule has 1 N–H and O–H groups in total. The van der Waals surface area contributed by atoms with Crippen molar-refractivity contribution in [1.29, 1.82) is 0 Å². The molecule has 18 heavy (non-hydrogen) atoms. The molecule has 1 aliphatic rings. The number of aryl methyl sites for hydroxylation is 2. The van der Waals surface area contributed by atoms with Crippen LogP contribution in [0.5, 0.6) is 0 Å². The van der Waals surface area contributed by atoms with Crippen LogP contribution in [0.15, 0.2) is 18.2 Å². The van der Waals surface area contributed by atoms with Gasteiger partial charge in [-0.3, -0.25) is 0 Å².